The second-order valence-electron chi connectivity index (χ2n) is 10.4. The average Bonchev–Trinajstić information content (AvgIpc) is 3.12. The summed E-state index contributed by atoms with van der Waals surface area (Å²) in [6, 6.07) is 10.4. The molecule has 6 nitrogen and oxygen atoms in total. The topological polar surface area (TPSA) is 54.9 Å². The minimum absolute atomic E-state index is 0.254. The number of carbonyl (C=O) groups excluding carboxylic acids is 1. The first kappa shape index (κ1) is 24.1. The molecule has 0 atom stereocenters. The normalized spacial score (nSPS) is 20.1. The standard InChI is InChI=1S/C29H39N3O3/c33-29(11-9-23-5-2-1-3-6-23)32-17-18-34-28-10-8-24(19-25(28)22-32)21-31-15-12-26(13-16-31)35-27-7-4-14-30-20-27/h4,7-8,10,14,19-20,23,26H,1-3,5-6,9,11-13,15-18,21-22H2. The number of amides is 1. The quantitative estimate of drug-likeness (QED) is 0.548. The molecule has 2 aliphatic heterocycles. The molecule has 1 aromatic heterocycles. The Bertz CT molecular complexity index is 953. The van der Waals surface area contributed by atoms with Crippen molar-refractivity contribution in [3.8, 4) is 11.5 Å². The summed E-state index contributed by atoms with van der Waals surface area (Å²) in [6.07, 6.45) is 14.2. The summed E-state index contributed by atoms with van der Waals surface area (Å²) in [4.78, 5) is 21.7. The predicted octanol–water partition coefficient (Wildman–Crippen LogP) is 5.21. The maximum Gasteiger partial charge on any atom is 0.222 e. The zero-order valence-electron chi connectivity index (χ0n) is 20.9. The predicted molar refractivity (Wildman–Crippen MR) is 136 cm³/mol. The molecule has 1 aliphatic carbocycles. The number of fused-ring (bicyclic) bond motifs is 1. The first-order valence-electron chi connectivity index (χ1n) is 13.5. The lowest BCUT2D eigenvalue weighted by Crippen LogP contribution is -2.37. The first-order valence-corrected chi connectivity index (χ1v) is 13.5. The van der Waals surface area contributed by atoms with Crippen LogP contribution in [0.3, 0.4) is 0 Å². The Labute approximate surface area is 209 Å². The summed E-state index contributed by atoms with van der Waals surface area (Å²) in [6.45, 7) is 4.87. The van der Waals surface area contributed by atoms with Gasteiger partial charge in [0.15, 0.2) is 0 Å². The van der Waals surface area contributed by atoms with E-state index < -0.39 is 0 Å². The van der Waals surface area contributed by atoms with Crippen molar-refractivity contribution in [3.63, 3.8) is 0 Å². The molecule has 3 aliphatic rings. The molecule has 3 heterocycles. The van der Waals surface area contributed by atoms with E-state index in [2.05, 4.69) is 28.1 Å². The number of nitrogens with zero attached hydrogens (tertiary/aromatic N) is 3. The van der Waals surface area contributed by atoms with Gasteiger partial charge in [0.25, 0.3) is 0 Å². The summed E-state index contributed by atoms with van der Waals surface area (Å²) in [5.41, 5.74) is 2.43. The van der Waals surface area contributed by atoms with Crippen molar-refractivity contribution in [3.05, 3.63) is 53.9 Å². The van der Waals surface area contributed by atoms with Gasteiger partial charge in [0, 0.05) is 44.4 Å². The van der Waals surface area contributed by atoms with Gasteiger partial charge < -0.3 is 14.4 Å². The van der Waals surface area contributed by atoms with Gasteiger partial charge in [0.1, 0.15) is 24.2 Å². The molecule has 0 spiro atoms. The molecule has 0 radical (unpaired) electrons. The minimum Gasteiger partial charge on any atom is -0.491 e. The molecule has 5 rings (SSSR count). The van der Waals surface area contributed by atoms with Crippen LogP contribution in [0.2, 0.25) is 0 Å². The van der Waals surface area contributed by atoms with Crippen LogP contribution in [0.25, 0.3) is 0 Å². The molecule has 2 fully saturated rings. The van der Waals surface area contributed by atoms with Crippen molar-refractivity contribution < 1.29 is 14.3 Å². The highest BCUT2D eigenvalue weighted by molar-refractivity contribution is 5.76. The van der Waals surface area contributed by atoms with E-state index in [0.717, 1.165) is 61.9 Å². The number of hydrogen-bond acceptors (Lipinski definition) is 5. The van der Waals surface area contributed by atoms with E-state index in [4.69, 9.17) is 9.47 Å². The summed E-state index contributed by atoms with van der Waals surface area (Å²) in [5.74, 6) is 2.82. The van der Waals surface area contributed by atoms with Crippen LogP contribution in [0, 0.1) is 5.92 Å². The largest absolute Gasteiger partial charge is 0.491 e. The Kier molecular flexibility index (Phi) is 8.19. The molecular formula is C29H39N3O3. The van der Waals surface area contributed by atoms with E-state index in [1.165, 1.54) is 37.7 Å². The van der Waals surface area contributed by atoms with Gasteiger partial charge >= 0.3 is 0 Å². The number of pyridine rings is 1. The van der Waals surface area contributed by atoms with Gasteiger partial charge in [-0.15, -0.1) is 0 Å². The molecule has 1 saturated heterocycles. The molecule has 188 valence electrons. The number of piperidine rings is 1. The fourth-order valence-corrected chi connectivity index (χ4v) is 5.77. The van der Waals surface area contributed by atoms with Crippen molar-refractivity contribution in [1.82, 2.24) is 14.8 Å². The lowest BCUT2D eigenvalue weighted by Gasteiger charge is -2.32. The number of hydrogen-bond donors (Lipinski definition) is 0. The third-order valence-corrected chi connectivity index (χ3v) is 7.83. The summed E-state index contributed by atoms with van der Waals surface area (Å²) >= 11 is 0. The van der Waals surface area contributed by atoms with Crippen LogP contribution in [-0.4, -0.2) is 53.0 Å². The molecular weight excluding hydrogens is 438 g/mol. The Morgan fingerprint density at radius 1 is 1.06 bits per heavy atom. The van der Waals surface area contributed by atoms with Crippen molar-refractivity contribution in [1.29, 1.82) is 0 Å². The third kappa shape index (κ3) is 6.75. The average molecular weight is 478 g/mol. The Hall–Kier alpha value is -2.60. The lowest BCUT2D eigenvalue weighted by atomic mass is 9.86. The van der Waals surface area contributed by atoms with Crippen LogP contribution in [0.4, 0.5) is 0 Å². The van der Waals surface area contributed by atoms with E-state index in [0.29, 0.717) is 26.1 Å². The third-order valence-electron chi connectivity index (χ3n) is 7.83. The summed E-state index contributed by atoms with van der Waals surface area (Å²) in [5, 5.41) is 0. The van der Waals surface area contributed by atoms with Crippen LogP contribution < -0.4 is 9.47 Å². The highest BCUT2D eigenvalue weighted by atomic mass is 16.5. The van der Waals surface area contributed by atoms with Gasteiger partial charge in [-0.3, -0.25) is 14.7 Å². The number of ether oxygens (including phenoxy) is 2. The Balaban J connectivity index is 1.13. The van der Waals surface area contributed by atoms with Crippen molar-refractivity contribution in [2.24, 2.45) is 5.92 Å². The summed E-state index contributed by atoms with van der Waals surface area (Å²) < 4.78 is 12.1. The summed E-state index contributed by atoms with van der Waals surface area (Å²) in [7, 11) is 0. The molecule has 1 amide bonds. The first-order chi connectivity index (χ1) is 17.2. The van der Waals surface area contributed by atoms with Crippen LogP contribution in [-0.2, 0) is 17.9 Å². The van der Waals surface area contributed by atoms with E-state index in [-0.39, 0.29) is 12.0 Å². The van der Waals surface area contributed by atoms with E-state index in [1.807, 2.05) is 17.0 Å². The van der Waals surface area contributed by atoms with Gasteiger partial charge in [0.05, 0.1) is 12.7 Å². The smallest absolute Gasteiger partial charge is 0.222 e. The number of carbonyl (C=O) groups is 1. The maximum absolute atomic E-state index is 13.0. The SMILES string of the molecule is O=C(CCC1CCCCC1)N1CCOc2ccc(CN3CCC(Oc4cccnc4)CC3)cc2C1. The van der Waals surface area contributed by atoms with Gasteiger partial charge in [-0.25, -0.2) is 0 Å². The van der Waals surface area contributed by atoms with E-state index in [9.17, 15) is 4.79 Å². The van der Waals surface area contributed by atoms with Crippen LogP contribution >= 0.6 is 0 Å². The number of rotatable bonds is 7. The highest BCUT2D eigenvalue weighted by Crippen LogP contribution is 2.29. The van der Waals surface area contributed by atoms with E-state index >= 15 is 0 Å². The lowest BCUT2D eigenvalue weighted by molar-refractivity contribution is -0.132. The molecule has 35 heavy (non-hydrogen) atoms. The van der Waals surface area contributed by atoms with Crippen molar-refractivity contribution >= 4 is 5.91 Å². The fourth-order valence-electron chi connectivity index (χ4n) is 5.77. The van der Waals surface area contributed by atoms with Crippen LogP contribution in [0.1, 0.15) is 68.9 Å². The molecule has 0 unspecified atom stereocenters. The molecule has 0 bridgehead atoms. The maximum atomic E-state index is 13.0. The van der Waals surface area contributed by atoms with Gasteiger partial charge in [-0.2, -0.15) is 0 Å². The molecule has 2 aromatic rings. The molecule has 1 aromatic carbocycles. The number of aromatic nitrogens is 1. The minimum atomic E-state index is 0.254. The van der Waals surface area contributed by atoms with Gasteiger partial charge in [0.2, 0.25) is 5.91 Å². The van der Waals surface area contributed by atoms with Crippen molar-refractivity contribution in [2.75, 3.05) is 26.2 Å². The second kappa shape index (κ2) is 11.9. The zero-order chi connectivity index (χ0) is 23.9. The monoisotopic (exact) mass is 477 g/mol. The Morgan fingerprint density at radius 3 is 2.71 bits per heavy atom. The van der Waals surface area contributed by atoms with Gasteiger partial charge in [-0.05, 0) is 55.0 Å². The number of benzene rings is 1. The zero-order valence-corrected chi connectivity index (χ0v) is 20.9. The Morgan fingerprint density at radius 2 is 1.91 bits per heavy atom. The fraction of sp³-hybridized carbons (Fsp3) is 0.586. The molecule has 1 saturated carbocycles. The highest BCUT2D eigenvalue weighted by Gasteiger charge is 2.24. The van der Waals surface area contributed by atoms with Crippen LogP contribution in [0.5, 0.6) is 11.5 Å². The number of likely N-dealkylation sites (tertiary alicyclic amines) is 1. The van der Waals surface area contributed by atoms with E-state index in [1.54, 1.807) is 12.4 Å². The van der Waals surface area contributed by atoms with Crippen LogP contribution in [0.15, 0.2) is 42.7 Å². The van der Waals surface area contributed by atoms with Crippen molar-refractivity contribution in [2.45, 2.75) is 77.0 Å². The second-order valence-corrected chi connectivity index (χ2v) is 10.4. The van der Waals surface area contributed by atoms with Gasteiger partial charge in [-0.1, -0.05) is 38.2 Å². The molecule has 6 heteroatoms. The molecule has 0 N–H and O–H groups in total.